The molecule has 3 rings (SSSR count). The van der Waals surface area contributed by atoms with Crippen LogP contribution < -0.4 is 37.2 Å². The van der Waals surface area contributed by atoms with E-state index in [0.717, 1.165) is 0 Å². The average molecular weight is 484 g/mol. The van der Waals surface area contributed by atoms with Gasteiger partial charge in [0.2, 0.25) is 0 Å². The zero-order valence-electron chi connectivity index (χ0n) is 18.0. The van der Waals surface area contributed by atoms with Crippen molar-refractivity contribution in [2.24, 2.45) is 5.92 Å². The first-order valence-electron chi connectivity index (χ1n) is 9.52. The van der Waals surface area contributed by atoms with E-state index in [0.29, 0.717) is 11.8 Å². The van der Waals surface area contributed by atoms with Crippen molar-refractivity contribution in [3.8, 4) is 0 Å². The van der Waals surface area contributed by atoms with E-state index in [1.165, 1.54) is 39.0 Å². The molecule has 4 heteroatoms. The first-order chi connectivity index (χ1) is 12.2. The van der Waals surface area contributed by atoms with Gasteiger partial charge in [-0.15, -0.1) is 0 Å². The van der Waals surface area contributed by atoms with Gasteiger partial charge in [0.25, 0.3) is 0 Å². The van der Waals surface area contributed by atoms with Gasteiger partial charge in [-0.25, -0.2) is 0 Å². The molecule has 2 aromatic rings. The van der Waals surface area contributed by atoms with Crippen molar-refractivity contribution < 1.29 is 57.7 Å². The Balaban J connectivity index is 0.00000261. The second-order valence-electron chi connectivity index (χ2n) is 8.28. The quantitative estimate of drug-likeness (QED) is 0.438. The molecule has 0 fully saturated rings. The summed E-state index contributed by atoms with van der Waals surface area (Å²) in [6.07, 6.45) is 7.01. The Morgan fingerprint density at radius 2 is 1.07 bits per heavy atom. The van der Waals surface area contributed by atoms with Crippen molar-refractivity contribution in [3.05, 3.63) is 93.6 Å². The molecule has 1 unspecified atom stereocenters. The Kier molecular flexibility index (Phi) is 11.0. The second kappa shape index (κ2) is 11.2. The Morgan fingerprint density at radius 1 is 0.690 bits per heavy atom. The van der Waals surface area contributed by atoms with Crippen LogP contribution in [-0.4, -0.2) is 0 Å². The second-order valence-corrected chi connectivity index (χ2v) is 9.57. The monoisotopic (exact) mass is 482 g/mol. The molecular formula is C25H29Cl3Ti. The van der Waals surface area contributed by atoms with Crippen LogP contribution in [0.4, 0.5) is 0 Å². The predicted octanol–water partition coefficient (Wildman–Crippen LogP) is -2.08. The molecule has 0 N–H and O–H groups in total. The van der Waals surface area contributed by atoms with Gasteiger partial charge >= 0.3 is 171 Å². The van der Waals surface area contributed by atoms with Crippen molar-refractivity contribution in [3.63, 3.8) is 0 Å². The maximum absolute atomic E-state index is 2.42. The van der Waals surface area contributed by atoms with E-state index in [1.54, 1.807) is 0 Å². The number of halogens is 3. The smallest absolute Gasteiger partial charge is 1.00 e. The molecule has 1 aliphatic carbocycles. The zero-order valence-corrected chi connectivity index (χ0v) is 21.8. The van der Waals surface area contributed by atoms with Gasteiger partial charge in [0, 0.05) is 0 Å². The Morgan fingerprint density at radius 3 is 1.41 bits per heavy atom. The van der Waals surface area contributed by atoms with E-state index >= 15 is 0 Å². The molecular weight excluding hydrogens is 455 g/mol. The standard InChI is InChI=1S/C25H29.3ClH.Ti/c1-16(2)23-8-7-9-24(23)25(21-12-17(3)10-18(4)13-21)22-14-19(5)11-20(6)15-22;;;;/h7-16,25H,1-6H3;3*1H;/q;;;;+3/p-3. The first kappa shape index (κ1) is 28.5. The summed E-state index contributed by atoms with van der Waals surface area (Å²) in [6, 6.07) is 14.1. The summed E-state index contributed by atoms with van der Waals surface area (Å²) in [5, 5.41) is 0. The molecule has 29 heavy (non-hydrogen) atoms. The Hall–Kier alpha value is -0.496. The van der Waals surface area contributed by atoms with E-state index in [1.807, 2.05) is 0 Å². The molecule has 0 saturated heterocycles. The molecule has 2 aromatic carbocycles. The number of aryl methyl sites for hydroxylation is 4. The summed E-state index contributed by atoms with van der Waals surface area (Å²) in [7, 11) is 0. The van der Waals surface area contributed by atoms with Crippen LogP contribution in [0, 0.1) is 33.6 Å². The number of rotatable bonds is 4. The minimum absolute atomic E-state index is 0. The molecule has 0 radical (unpaired) electrons. The molecule has 0 saturated carbocycles. The van der Waals surface area contributed by atoms with Crippen molar-refractivity contribution in [2.45, 2.75) is 51.2 Å². The fraction of sp³-hybridized carbons (Fsp3) is 0.360. The van der Waals surface area contributed by atoms with E-state index in [2.05, 4.69) is 117 Å². The zero-order chi connectivity index (χ0) is 19.1. The Bertz CT molecular complexity index is 807. The molecule has 0 nitrogen and oxygen atoms in total. The van der Waals surface area contributed by atoms with Crippen LogP contribution >= 0.6 is 0 Å². The molecule has 0 aliphatic heterocycles. The molecule has 0 amide bonds. The van der Waals surface area contributed by atoms with Crippen molar-refractivity contribution in [1.82, 2.24) is 0 Å². The summed E-state index contributed by atoms with van der Waals surface area (Å²) >= 11 is 2.42. The van der Waals surface area contributed by atoms with Gasteiger partial charge in [-0.1, -0.05) is 0 Å². The van der Waals surface area contributed by atoms with Gasteiger partial charge in [0.1, 0.15) is 0 Å². The Labute approximate surface area is 207 Å². The van der Waals surface area contributed by atoms with Crippen molar-refractivity contribution >= 4 is 0 Å². The molecule has 1 aliphatic rings. The maximum Gasteiger partial charge on any atom is -1.00 e. The third-order valence-corrected chi connectivity index (χ3v) is 6.51. The van der Waals surface area contributed by atoms with Gasteiger partial charge in [-0.3, -0.25) is 0 Å². The van der Waals surface area contributed by atoms with Crippen LogP contribution in [0.3, 0.4) is 0 Å². The summed E-state index contributed by atoms with van der Waals surface area (Å²) < 4.78 is 0.00856. The van der Waals surface area contributed by atoms with Crippen molar-refractivity contribution in [1.29, 1.82) is 0 Å². The average Bonchev–Trinajstić information content (AvgIpc) is 2.87. The fourth-order valence-electron chi connectivity index (χ4n) is 4.54. The van der Waals surface area contributed by atoms with Gasteiger partial charge in [0.05, 0.1) is 0 Å². The van der Waals surface area contributed by atoms with Gasteiger partial charge < -0.3 is 37.2 Å². The topological polar surface area (TPSA) is 0 Å². The predicted molar refractivity (Wildman–Crippen MR) is 108 cm³/mol. The molecule has 0 heterocycles. The first-order valence-corrected chi connectivity index (χ1v) is 10.3. The SMILES string of the molecule is Cc1cc(C)cc(C(c2cc(C)cc(C)c2)[C]2([Ti+3])C=CC=C2C(C)C)c1.[Cl-].[Cl-].[Cl-]. The number of allylic oxidation sites excluding steroid dienone is 4. The minimum atomic E-state index is 0. The molecule has 0 bridgehead atoms. The third kappa shape index (κ3) is 6.02. The van der Waals surface area contributed by atoms with Gasteiger partial charge in [-0.05, 0) is 0 Å². The molecule has 0 spiro atoms. The van der Waals surface area contributed by atoms with Gasteiger partial charge in [0.15, 0.2) is 0 Å². The third-order valence-electron chi connectivity index (χ3n) is 5.34. The van der Waals surface area contributed by atoms with E-state index in [9.17, 15) is 0 Å². The number of hydrogen-bond acceptors (Lipinski definition) is 0. The van der Waals surface area contributed by atoms with Crippen LogP contribution in [0.5, 0.6) is 0 Å². The number of hydrogen-bond donors (Lipinski definition) is 0. The normalized spacial score (nSPS) is 17.5. The summed E-state index contributed by atoms with van der Waals surface area (Å²) in [5.74, 6) is 0.862. The molecule has 0 aromatic heterocycles. The summed E-state index contributed by atoms with van der Waals surface area (Å²) in [4.78, 5) is 0. The summed E-state index contributed by atoms with van der Waals surface area (Å²) in [6.45, 7) is 13.5. The minimum Gasteiger partial charge on any atom is -1.00 e. The van der Waals surface area contributed by atoms with E-state index in [-0.39, 0.29) is 40.9 Å². The van der Waals surface area contributed by atoms with E-state index < -0.39 is 0 Å². The van der Waals surface area contributed by atoms with E-state index in [4.69, 9.17) is 0 Å². The number of benzene rings is 2. The van der Waals surface area contributed by atoms with Crippen LogP contribution in [0.25, 0.3) is 0 Å². The fourth-order valence-corrected chi connectivity index (χ4v) is 5.79. The van der Waals surface area contributed by atoms with Crippen molar-refractivity contribution in [2.75, 3.05) is 0 Å². The maximum atomic E-state index is 2.42. The molecule has 1 atom stereocenters. The summed E-state index contributed by atoms with van der Waals surface area (Å²) in [5.41, 5.74) is 9.75. The molecule has 154 valence electrons. The van der Waals surface area contributed by atoms with Gasteiger partial charge in [-0.2, -0.15) is 0 Å². The van der Waals surface area contributed by atoms with Crippen LogP contribution in [0.1, 0.15) is 53.1 Å². The largest absolute Gasteiger partial charge is 1.00 e. The van der Waals surface area contributed by atoms with Crippen LogP contribution in [0.2, 0.25) is 3.72 Å². The van der Waals surface area contributed by atoms with Crippen LogP contribution in [-0.2, 0) is 20.4 Å². The van der Waals surface area contributed by atoms with Crippen LogP contribution in [0.15, 0.2) is 60.2 Å².